The van der Waals surface area contributed by atoms with E-state index in [-0.39, 0.29) is 10.5 Å². The van der Waals surface area contributed by atoms with Crippen LogP contribution in [0.4, 0.5) is 10.1 Å². The van der Waals surface area contributed by atoms with E-state index < -0.39 is 21.1 Å². The summed E-state index contributed by atoms with van der Waals surface area (Å²) in [5.74, 6) is -0.646. The number of hydrogen-bond donors (Lipinski definition) is 0. The van der Waals surface area contributed by atoms with Gasteiger partial charge in [-0.05, 0) is 24.6 Å². The lowest BCUT2D eigenvalue weighted by Gasteiger charge is -2.16. The summed E-state index contributed by atoms with van der Waals surface area (Å²) in [6.45, 7) is 2.40. The third-order valence-electron chi connectivity index (χ3n) is 3.06. The van der Waals surface area contributed by atoms with Gasteiger partial charge in [-0.3, -0.25) is 4.79 Å². The van der Waals surface area contributed by atoms with Crippen LogP contribution in [0.25, 0.3) is 0 Å². The Morgan fingerprint density at radius 3 is 2.68 bits per heavy atom. The second kappa shape index (κ2) is 5.09. The molecule has 1 unspecified atom stereocenters. The van der Waals surface area contributed by atoms with Crippen LogP contribution in [-0.2, 0) is 13.8 Å². The lowest BCUT2D eigenvalue weighted by molar-refractivity contribution is -0.122. The summed E-state index contributed by atoms with van der Waals surface area (Å²) in [4.78, 5) is 13.0. The molecule has 19 heavy (non-hydrogen) atoms. The molecule has 0 aromatic heterocycles. The molecule has 0 saturated carbocycles. The summed E-state index contributed by atoms with van der Waals surface area (Å²) in [7, 11) is 1.29. The Balaban J connectivity index is 2.44. The van der Waals surface area contributed by atoms with Gasteiger partial charge in [0.05, 0.1) is 10.6 Å². The fourth-order valence-electron chi connectivity index (χ4n) is 2.07. The van der Waals surface area contributed by atoms with Crippen molar-refractivity contribution in [3.63, 3.8) is 0 Å². The number of nitrogens with zero attached hydrogens (tertiary/aromatic N) is 1. The predicted octanol–water partition coefficient (Wildman–Crippen LogP) is 2.77. The van der Waals surface area contributed by atoms with Crippen LogP contribution in [-0.4, -0.2) is 20.9 Å². The Bertz CT molecular complexity index is 617. The molecule has 1 amide bonds. The van der Waals surface area contributed by atoms with Gasteiger partial charge in [-0.25, -0.2) is 12.8 Å². The number of amides is 1. The first-order chi connectivity index (χ1) is 8.86. The van der Waals surface area contributed by atoms with Gasteiger partial charge in [-0.2, -0.15) is 0 Å². The van der Waals surface area contributed by atoms with Gasteiger partial charge in [0.15, 0.2) is 0 Å². The zero-order valence-electron chi connectivity index (χ0n) is 10.3. The van der Waals surface area contributed by atoms with Gasteiger partial charge in [-0.1, -0.05) is 13.3 Å². The zero-order valence-corrected chi connectivity index (χ0v) is 11.8. The van der Waals surface area contributed by atoms with E-state index in [0.717, 1.165) is 18.9 Å². The van der Waals surface area contributed by atoms with Crippen molar-refractivity contribution in [2.24, 2.45) is 0 Å². The van der Waals surface area contributed by atoms with E-state index in [1.165, 1.54) is 17.0 Å². The minimum absolute atomic E-state index is 0.0721. The van der Waals surface area contributed by atoms with E-state index in [4.69, 9.17) is 10.7 Å². The first-order valence-electron chi connectivity index (χ1n) is 5.90. The Kier molecular flexibility index (Phi) is 3.82. The van der Waals surface area contributed by atoms with Gasteiger partial charge in [0.1, 0.15) is 0 Å². The normalized spacial score (nSPS) is 18.8. The summed E-state index contributed by atoms with van der Waals surface area (Å²) in [6.07, 6.45) is -0.178. The van der Waals surface area contributed by atoms with E-state index in [2.05, 4.69) is 0 Å². The van der Waals surface area contributed by atoms with Crippen LogP contribution in [0, 0.1) is 0 Å². The lowest BCUT2D eigenvalue weighted by Crippen LogP contribution is -2.28. The fourth-order valence-corrected chi connectivity index (χ4v) is 2.85. The second-order valence-corrected chi connectivity index (χ2v) is 6.93. The van der Waals surface area contributed by atoms with Gasteiger partial charge < -0.3 is 4.90 Å². The number of alkyl halides is 1. The topological polar surface area (TPSA) is 54.5 Å². The molecule has 104 valence electrons. The minimum atomic E-state index is -3.92. The van der Waals surface area contributed by atoms with Crippen molar-refractivity contribution in [2.75, 3.05) is 11.4 Å². The zero-order chi connectivity index (χ0) is 14.2. The molecule has 1 aliphatic heterocycles. The highest BCUT2D eigenvalue weighted by molar-refractivity contribution is 8.13. The van der Waals surface area contributed by atoms with Gasteiger partial charge in [0.25, 0.3) is 15.0 Å². The number of unbranched alkanes of at least 4 members (excludes halogenated alkanes) is 1. The monoisotopic (exact) mass is 305 g/mol. The fraction of sp³-hybridized carbons (Fsp3) is 0.417. The van der Waals surface area contributed by atoms with Crippen molar-refractivity contribution < 1.29 is 17.6 Å². The molecule has 0 N–H and O–H groups in total. The van der Waals surface area contributed by atoms with Crippen molar-refractivity contribution in [1.82, 2.24) is 0 Å². The van der Waals surface area contributed by atoms with Crippen LogP contribution < -0.4 is 4.90 Å². The molecule has 1 atom stereocenters. The van der Waals surface area contributed by atoms with Gasteiger partial charge in [0.2, 0.25) is 6.17 Å². The SMILES string of the molecule is CCCCN1C(=O)C(F)c2cc(S(=O)(=O)Cl)ccc21. The number of halogens is 2. The molecule has 0 fully saturated rings. The number of rotatable bonds is 4. The van der Waals surface area contributed by atoms with Crippen molar-refractivity contribution >= 4 is 31.3 Å². The van der Waals surface area contributed by atoms with Gasteiger partial charge in [-0.15, -0.1) is 0 Å². The molecule has 0 aliphatic carbocycles. The highest BCUT2D eigenvalue weighted by Crippen LogP contribution is 2.39. The predicted molar refractivity (Wildman–Crippen MR) is 70.6 cm³/mol. The largest absolute Gasteiger partial charge is 0.309 e. The average molecular weight is 306 g/mol. The van der Waals surface area contributed by atoms with E-state index in [9.17, 15) is 17.6 Å². The number of fused-ring (bicyclic) bond motifs is 1. The van der Waals surface area contributed by atoms with Crippen molar-refractivity contribution in [3.05, 3.63) is 23.8 Å². The molecule has 0 bridgehead atoms. The van der Waals surface area contributed by atoms with Crippen LogP contribution >= 0.6 is 10.7 Å². The number of benzene rings is 1. The third kappa shape index (κ3) is 2.60. The molecule has 0 saturated heterocycles. The van der Waals surface area contributed by atoms with Crippen LogP contribution in [0.3, 0.4) is 0 Å². The summed E-state index contributed by atoms with van der Waals surface area (Å²) >= 11 is 0. The molecular formula is C12H13ClFNO3S. The van der Waals surface area contributed by atoms with Crippen molar-refractivity contribution in [2.45, 2.75) is 30.8 Å². The third-order valence-corrected chi connectivity index (χ3v) is 4.41. The molecule has 0 radical (unpaired) electrons. The smallest absolute Gasteiger partial charge is 0.266 e. The second-order valence-electron chi connectivity index (χ2n) is 4.36. The summed E-state index contributed by atoms with van der Waals surface area (Å²) < 4.78 is 36.4. The molecule has 1 heterocycles. The Labute approximate surface area is 115 Å². The molecule has 1 aliphatic rings. The first kappa shape index (κ1) is 14.3. The Morgan fingerprint density at radius 2 is 2.11 bits per heavy atom. The van der Waals surface area contributed by atoms with Crippen LogP contribution in [0.5, 0.6) is 0 Å². The van der Waals surface area contributed by atoms with E-state index in [1.807, 2.05) is 6.92 Å². The first-order valence-corrected chi connectivity index (χ1v) is 8.21. The molecule has 0 spiro atoms. The van der Waals surface area contributed by atoms with E-state index in [1.54, 1.807) is 0 Å². The minimum Gasteiger partial charge on any atom is -0.309 e. The number of hydrogen-bond acceptors (Lipinski definition) is 3. The van der Waals surface area contributed by atoms with Crippen molar-refractivity contribution in [1.29, 1.82) is 0 Å². The number of anilines is 1. The Morgan fingerprint density at radius 1 is 1.42 bits per heavy atom. The lowest BCUT2D eigenvalue weighted by atomic mass is 10.1. The summed E-state index contributed by atoms with van der Waals surface area (Å²) in [6, 6.07) is 3.84. The average Bonchev–Trinajstić information content (AvgIpc) is 2.59. The van der Waals surface area contributed by atoms with Crippen LogP contribution in [0.1, 0.15) is 31.5 Å². The molecule has 7 heteroatoms. The van der Waals surface area contributed by atoms with Crippen molar-refractivity contribution in [3.8, 4) is 0 Å². The number of carbonyl (C=O) groups excluding carboxylic acids is 1. The maximum atomic E-state index is 13.9. The Hall–Kier alpha value is -1.14. The summed E-state index contributed by atoms with van der Waals surface area (Å²) in [5.41, 5.74) is 0.498. The quantitative estimate of drug-likeness (QED) is 0.804. The van der Waals surface area contributed by atoms with Crippen LogP contribution in [0.15, 0.2) is 23.1 Å². The molecule has 2 rings (SSSR count). The van der Waals surface area contributed by atoms with Crippen LogP contribution in [0.2, 0.25) is 0 Å². The highest BCUT2D eigenvalue weighted by Gasteiger charge is 2.37. The molecule has 4 nitrogen and oxygen atoms in total. The summed E-state index contributed by atoms with van der Waals surface area (Å²) in [5, 5.41) is 0. The highest BCUT2D eigenvalue weighted by atomic mass is 35.7. The molecular weight excluding hydrogens is 293 g/mol. The molecule has 1 aromatic carbocycles. The van der Waals surface area contributed by atoms with Gasteiger partial charge >= 0.3 is 0 Å². The maximum Gasteiger partial charge on any atom is 0.266 e. The van der Waals surface area contributed by atoms with E-state index in [0.29, 0.717) is 12.2 Å². The van der Waals surface area contributed by atoms with E-state index >= 15 is 0 Å². The van der Waals surface area contributed by atoms with Gasteiger partial charge in [0, 0.05) is 22.8 Å². The standard InChI is InChI=1S/C12H13ClFNO3S/c1-2-3-6-15-10-5-4-8(19(13,17)18)7-9(10)11(14)12(15)16/h4-5,7,11H,2-3,6H2,1H3. The maximum absolute atomic E-state index is 13.9. The number of carbonyl (C=O) groups is 1. The molecule has 1 aromatic rings.